The molecule has 1 aliphatic rings. The van der Waals surface area contributed by atoms with Crippen molar-refractivity contribution in [3.05, 3.63) is 58.4 Å². The summed E-state index contributed by atoms with van der Waals surface area (Å²) < 4.78 is 2.07. The minimum atomic E-state index is -0.220. The molecule has 4 nitrogen and oxygen atoms in total. The van der Waals surface area contributed by atoms with Crippen LogP contribution in [0.4, 0.5) is 0 Å². The van der Waals surface area contributed by atoms with Crippen LogP contribution in [0.1, 0.15) is 29.3 Å². The molecule has 0 radical (unpaired) electrons. The number of nitrogens with one attached hydrogen (secondary N) is 1. The van der Waals surface area contributed by atoms with Crippen molar-refractivity contribution < 1.29 is 9.90 Å². The number of aryl methyl sites for hydroxylation is 1. The van der Waals surface area contributed by atoms with Crippen LogP contribution in [0.15, 0.2) is 48.0 Å². The second-order valence-corrected chi connectivity index (χ2v) is 7.88. The molecule has 4 rings (SSSR count). The molecule has 0 saturated heterocycles. The third kappa shape index (κ3) is 3.22. The van der Waals surface area contributed by atoms with Gasteiger partial charge in [-0.1, -0.05) is 24.3 Å². The monoisotopic (exact) mass is 354 g/mol. The summed E-state index contributed by atoms with van der Waals surface area (Å²) in [6.45, 7) is 0. The number of fused-ring (bicyclic) bond motifs is 1. The first-order chi connectivity index (χ1) is 12.1. The molecular weight excluding hydrogens is 332 g/mol. The van der Waals surface area contributed by atoms with Gasteiger partial charge in [0.25, 0.3) is 0 Å². The van der Waals surface area contributed by atoms with E-state index in [2.05, 4.69) is 28.1 Å². The van der Waals surface area contributed by atoms with Crippen LogP contribution in [0.5, 0.6) is 0 Å². The molecule has 2 aromatic heterocycles. The highest BCUT2D eigenvalue weighted by molar-refractivity contribution is 7.10. The molecule has 2 heterocycles. The molecule has 25 heavy (non-hydrogen) atoms. The molecule has 1 atom stereocenters. The highest BCUT2D eigenvalue weighted by Crippen LogP contribution is 2.39. The van der Waals surface area contributed by atoms with Gasteiger partial charge < -0.3 is 15.0 Å². The third-order valence-corrected chi connectivity index (χ3v) is 6.07. The summed E-state index contributed by atoms with van der Waals surface area (Å²) in [7, 11) is 2.01. The number of aliphatic hydroxyl groups excluding tert-OH is 1. The Hall–Kier alpha value is -2.11. The van der Waals surface area contributed by atoms with Crippen molar-refractivity contribution in [2.75, 3.05) is 0 Å². The van der Waals surface area contributed by atoms with Gasteiger partial charge in [0.15, 0.2) is 0 Å². The molecule has 0 aliphatic heterocycles. The van der Waals surface area contributed by atoms with Crippen molar-refractivity contribution in [3.63, 3.8) is 0 Å². The summed E-state index contributed by atoms with van der Waals surface area (Å²) >= 11 is 1.66. The van der Waals surface area contributed by atoms with Gasteiger partial charge in [0, 0.05) is 29.0 Å². The zero-order valence-electron chi connectivity index (χ0n) is 14.2. The van der Waals surface area contributed by atoms with E-state index in [-0.39, 0.29) is 18.1 Å². The van der Waals surface area contributed by atoms with Crippen LogP contribution >= 0.6 is 11.3 Å². The zero-order valence-corrected chi connectivity index (χ0v) is 15.0. The molecular formula is C20H22N2O2S. The summed E-state index contributed by atoms with van der Waals surface area (Å²) in [6.07, 6.45) is 3.71. The maximum absolute atomic E-state index is 12.7. The average molecular weight is 354 g/mol. The van der Waals surface area contributed by atoms with E-state index in [1.54, 1.807) is 11.3 Å². The minimum Gasteiger partial charge on any atom is -0.393 e. The number of aromatic nitrogens is 1. The van der Waals surface area contributed by atoms with Crippen LogP contribution in [0.25, 0.3) is 10.9 Å². The number of aliphatic hydroxyl groups is 1. The Labute approximate surface area is 151 Å². The lowest BCUT2D eigenvalue weighted by Crippen LogP contribution is -2.41. The molecule has 1 amide bonds. The summed E-state index contributed by atoms with van der Waals surface area (Å²) in [4.78, 5) is 13.9. The topological polar surface area (TPSA) is 54.3 Å². The molecule has 5 heteroatoms. The SMILES string of the molecule is Cn1cc(CC(=O)NC(c2cccs2)C2CC(O)C2)c2ccccc21. The molecule has 1 unspecified atom stereocenters. The van der Waals surface area contributed by atoms with Gasteiger partial charge in [-0.15, -0.1) is 11.3 Å². The first kappa shape index (κ1) is 16.4. The molecule has 1 aliphatic carbocycles. The summed E-state index contributed by atoms with van der Waals surface area (Å²) in [5.41, 5.74) is 2.19. The number of benzene rings is 1. The van der Waals surface area contributed by atoms with Crippen LogP contribution in [0, 0.1) is 5.92 Å². The predicted molar refractivity (Wildman–Crippen MR) is 101 cm³/mol. The highest BCUT2D eigenvalue weighted by atomic mass is 32.1. The fourth-order valence-electron chi connectivity index (χ4n) is 3.76. The van der Waals surface area contributed by atoms with Gasteiger partial charge in [-0.3, -0.25) is 4.79 Å². The number of para-hydroxylation sites is 1. The van der Waals surface area contributed by atoms with E-state index < -0.39 is 0 Å². The van der Waals surface area contributed by atoms with Crippen LogP contribution in [0.2, 0.25) is 0 Å². The second-order valence-electron chi connectivity index (χ2n) is 6.91. The standard InChI is InChI=1S/C20H22N2O2S/c1-22-12-14(16-5-2-3-6-17(16)22)11-19(24)21-20(13-9-15(23)10-13)18-7-4-8-25-18/h2-8,12-13,15,20,23H,9-11H2,1H3,(H,21,24). The average Bonchev–Trinajstić information content (AvgIpc) is 3.20. The van der Waals surface area contributed by atoms with Gasteiger partial charge in [0.2, 0.25) is 5.91 Å². The number of carbonyl (C=O) groups excluding carboxylic acids is 1. The molecule has 130 valence electrons. The van der Waals surface area contributed by atoms with Crippen LogP contribution in [0.3, 0.4) is 0 Å². The Kier molecular flexibility index (Phi) is 4.36. The number of rotatable bonds is 5. The van der Waals surface area contributed by atoms with Crippen LogP contribution < -0.4 is 5.32 Å². The van der Waals surface area contributed by atoms with Gasteiger partial charge in [0.1, 0.15) is 0 Å². The van der Waals surface area contributed by atoms with Gasteiger partial charge in [-0.2, -0.15) is 0 Å². The fourth-order valence-corrected chi connectivity index (χ4v) is 4.62. The largest absolute Gasteiger partial charge is 0.393 e. The van der Waals surface area contributed by atoms with Gasteiger partial charge in [-0.25, -0.2) is 0 Å². The highest BCUT2D eigenvalue weighted by Gasteiger charge is 2.36. The van der Waals surface area contributed by atoms with Gasteiger partial charge in [0.05, 0.1) is 18.6 Å². The number of amides is 1. The predicted octanol–water partition coefficient (Wildman–Crippen LogP) is 3.41. The van der Waals surface area contributed by atoms with Crippen molar-refractivity contribution in [2.24, 2.45) is 13.0 Å². The van der Waals surface area contributed by atoms with Crippen molar-refractivity contribution in [3.8, 4) is 0 Å². The van der Waals surface area contributed by atoms with Gasteiger partial charge in [-0.05, 0) is 41.8 Å². The molecule has 0 spiro atoms. The maximum Gasteiger partial charge on any atom is 0.225 e. The van der Waals surface area contributed by atoms with E-state index in [9.17, 15) is 9.90 Å². The Morgan fingerprint density at radius 2 is 2.12 bits per heavy atom. The van der Waals surface area contributed by atoms with Crippen molar-refractivity contribution in [1.29, 1.82) is 0 Å². The smallest absolute Gasteiger partial charge is 0.225 e. The summed E-state index contributed by atoms with van der Waals surface area (Å²) in [6, 6.07) is 12.2. The molecule has 1 saturated carbocycles. The number of hydrogen-bond acceptors (Lipinski definition) is 3. The quantitative estimate of drug-likeness (QED) is 0.738. The van der Waals surface area contributed by atoms with E-state index >= 15 is 0 Å². The normalized spacial score (nSPS) is 21.0. The van der Waals surface area contributed by atoms with Crippen molar-refractivity contribution >= 4 is 28.1 Å². The Morgan fingerprint density at radius 3 is 2.84 bits per heavy atom. The molecule has 1 fully saturated rings. The first-order valence-corrected chi connectivity index (χ1v) is 9.53. The van der Waals surface area contributed by atoms with Crippen LogP contribution in [-0.4, -0.2) is 21.7 Å². The number of thiophene rings is 1. The Morgan fingerprint density at radius 1 is 1.32 bits per heavy atom. The van der Waals surface area contributed by atoms with Crippen molar-refractivity contribution in [2.45, 2.75) is 31.4 Å². The fraction of sp³-hybridized carbons (Fsp3) is 0.350. The lowest BCUT2D eigenvalue weighted by molar-refractivity contribution is -0.122. The van der Waals surface area contributed by atoms with E-state index in [1.807, 2.05) is 36.8 Å². The number of carbonyl (C=O) groups is 1. The van der Waals surface area contributed by atoms with E-state index in [0.717, 1.165) is 29.3 Å². The zero-order chi connectivity index (χ0) is 17.4. The molecule has 1 aromatic carbocycles. The van der Waals surface area contributed by atoms with Gasteiger partial charge >= 0.3 is 0 Å². The second kappa shape index (κ2) is 6.65. The number of nitrogens with zero attached hydrogens (tertiary/aromatic N) is 1. The molecule has 2 N–H and O–H groups in total. The molecule has 0 bridgehead atoms. The Balaban J connectivity index is 1.51. The molecule has 3 aromatic rings. The van der Waals surface area contributed by atoms with Crippen molar-refractivity contribution in [1.82, 2.24) is 9.88 Å². The lowest BCUT2D eigenvalue weighted by Gasteiger charge is -2.37. The lowest BCUT2D eigenvalue weighted by atomic mass is 9.76. The third-order valence-electron chi connectivity index (χ3n) is 5.12. The Bertz CT molecular complexity index is 878. The number of hydrogen-bond donors (Lipinski definition) is 2. The van der Waals surface area contributed by atoms with E-state index in [0.29, 0.717) is 12.3 Å². The maximum atomic E-state index is 12.7. The first-order valence-electron chi connectivity index (χ1n) is 8.65. The summed E-state index contributed by atoms with van der Waals surface area (Å²) in [5, 5.41) is 16.0. The van der Waals surface area contributed by atoms with E-state index in [4.69, 9.17) is 0 Å². The minimum absolute atomic E-state index is 0.00544. The van der Waals surface area contributed by atoms with E-state index in [1.165, 1.54) is 4.88 Å². The van der Waals surface area contributed by atoms with Crippen LogP contribution in [-0.2, 0) is 18.3 Å². The summed E-state index contributed by atoms with van der Waals surface area (Å²) in [5.74, 6) is 0.362.